The van der Waals surface area contributed by atoms with Crippen molar-refractivity contribution in [1.29, 1.82) is 0 Å². The van der Waals surface area contributed by atoms with Gasteiger partial charge in [0.25, 0.3) is 0 Å². The summed E-state index contributed by atoms with van der Waals surface area (Å²) in [4.78, 5) is 0. The van der Waals surface area contributed by atoms with Crippen molar-refractivity contribution in [3.63, 3.8) is 0 Å². The van der Waals surface area contributed by atoms with Crippen LogP contribution >= 0.6 is 27.3 Å². The van der Waals surface area contributed by atoms with Crippen LogP contribution in [0.3, 0.4) is 0 Å². The molecule has 0 atom stereocenters. The molecule has 0 saturated carbocycles. The van der Waals surface area contributed by atoms with Gasteiger partial charge < -0.3 is 5.73 Å². The minimum atomic E-state index is -4.36. The van der Waals surface area contributed by atoms with Crippen LogP contribution in [-0.2, 0) is 6.18 Å². The third-order valence-corrected chi connectivity index (χ3v) is 3.41. The van der Waals surface area contributed by atoms with E-state index < -0.39 is 11.7 Å². The van der Waals surface area contributed by atoms with Gasteiger partial charge in [0, 0.05) is 10.0 Å². The predicted octanol–water partition coefficient (Wildman–Crippen LogP) is 3.57. The lowest BCUT2D eigenvalue weighted by molar-refractivity contribution is -0.137. The fraction of sp³-hybridized carbons (Fsp3) is 0.111. The lowest BCUT2D eigenvalue weighted by Crippen LogP contribution is -2.04. The van der Waals surface area contributed by atoms with Crippen LogP contribution in [0.2, 0.25) is 0 Å². The molecule has 1 heterocycles. The highest BCUT2D eigenvalue weighted by atomic mass is 79.9. The maximum atomic E-state index is 12.4. The fourth-order valence-electron chi connectivity index (χ4n) is 1.21. The van der Waals surface area contributed by atoms with Crippen molar-refractivity contribution in [1.82, 2.24) is 10.2 Å². The fourth-order valence-corrected chi connectivity index (χ4v) is 2.56. The van der Waals surface area contributed by atoms with Gasteiger partial charge in [-0.2, -0.15) is 13.2 Å². The molecule has 17 heavy (non-hydrogen) atoms. The molecule has 2 rings (SSSR count). The average Bonchev–Trinajstić information content (AvgIpc) is 2.63. The van der Waals surface area contributed by atoms with Gasteiger partial charge in [-0.1, -0.05) is 33.3 Å². The Bertz CT molecular complexity index is 553. The van der Waals surface area contributed by atoms with Gasteiger partial charge in [0.05, 0.1) is 5.56 Å². The monoisotopic (exact) mass is 323 g/mol. The van der Waals surface area contributed by atoms with Gasteiger partial charge >= 0.3 is 6.18 Å². The van der Waals surface area contributed by atoms with Crippen LogP contribution in [0.5, 0.6) is 0 Å². The number of nitrogen functional groups attached to an aromatic ring is 1. The second-order valence-corrected chi connectivity index (χ2v) is 5.00. The highest BCUT2D eigenvalue weighted by molar-refractivity contribution is 9.10. The lowest BCUT2D eigenvalue weighted by Gasteiger charge is -2.08. The van der Waals surface area contributed by atoms with Crippen molar-refractivity contribution in [3.8, 4) is 10.6 Å². The summed E-state index contributed by atoms with van der Waals surface area (Å²) in [5, 5.41) is 8.12. The highest BCUT2D eigenvalue weighted by Gasteiger charge is 2.31. The summed E-state index contributed by atoms with van der Waals surface area (Å²) in [5.41, 5.74) is 5.23. The second kappa shape index (κ2) is 4.26. The molecule has 2 N–H and O–H groups in total. The first-order valence-corrected chi connectivity index (χ1v) is 5.95. The molecule has 1 aromatic carbocycles. The summed E-state index contributed by atoms with van der Waals surface area (Å²) in [7, 11) is 0. The van der Waals surface area contributed by atoms with E-state index in [1.54, 1.807) is 0 Å². The number of alkyl halides is 3. The summed E-state index contributed by atoms with van der Waals surface area (Å²) in [6, 6.07) is 3.34. The minimum absolute atomic E-state index is 0.270. The van der Waals surface area contributed by atoms with E-state index in [4.69, 9.17) is 5.73 Å². The van der Waals surface area contributed by atoms with Crippen molar-refractivity contribution in [2.75, 3.05) is 5.73 Å². The zero-order valence-corrected chi connectivity index (χ0v) is 10.5. The molecule has 0 aliphatic carbocycles. The topological polar surface area (TPSA) is 51.8 Å². The van der Waals surface area contributed by atoms with E-state index in [-0.39, 0.29) is 5.13 Å². The molecule has 0 saturated heterocycles. The first-order chi connectivity index (χ1) is 7.88. The van der Waals surface area contributed by atoms with Crippen LogP contribution in [-0.4, -0.2) is 10.2 Å². The van der Waals surface area contributed by atoms with Crippen LogP contribution < -0.4 is 5.73 Å². The number of hydrogen-bond donors (Lipinski definition) is 1. The summed E-state index contributed by atoms with van der Waals surface area (Å²) in [5.74, 6) is 0. The van der Waals surface area contributed by atoms with Crippen molar-refractivity contribution in [2.45, 2.75) is 6.18 Å². The van der Waals surface area contributed by atoms with Crippen molar-refractivity contribution >= 4 is 32.4 Å². The quantitative estimate of drug-likeness (QED) is 0.872. The summed E-state index contributed by atoms with van der Waals surface area (Å²) in [6.45, 7) is 0. The van der Waals surface area contributed by atoms with E-state index in [0.29, 0.717) is 15.0 Å². The summed E-state index contributed by atoms with van der Waals surface area (Å²) < 4.78 is 37.6. The van der Waals surface area contributed by atoms with E-state index >= 15 is 0 Å². The first-order valence-electron chi connectivity index (χ1n) is 4.34. The van der Waals surface area contributed by atoms with Gasteiger partial charge in [-0.15, -0.1) is 10.2 Å². The number of nitrogens with two attached hydrogens (primary N) is 1. The lowest BCUT2D eigenvalue weighted by atomic mass is 10.1. The molecule has 0 aliphatic heterocycles. The smallest absolute Gasteiger partial charge is 0.374 e. The van der Waals surface area contributed by atoms with Crippen LogP contribution in [0.4, 0.5) is 18.3 Å². The molecule has 0 unspecified atom stereocenters. The molecule has 1 aromatic heterocycles. The third-order valence-electron chi connectivity index (χ3n) is 1.97. The number of halogens is 4. The van der Waals surface area contributed by atoms with Crippen molar-refractivity contribution in [3.05, 3.63) is 28.2 Å². The first kappa shape index (κ1) is 12.3. The molecule has 0 radical (unpaired) electrons. The second-order valence-electron chi connectivity index (χ2n) is 3.14. The number of nitrogens with zero attached hydrogens (tertiary/aromatic N) is 2. The Morgan fingerprint density at radius 2 is 1.94 bits per heavy atom. The van der Waals surface area contributed by atoms with E-state index in [0.717, 1.165) is 23.5 Å². The molecule has 0 fully saturated rings. The van der Waals surface area contributed by atoms with Gasteiger partial charge in [-0.3, -0.25) is 0 Å². The van der Waals surface area contributed by atoms with Gasteiger partial charge in [-0.25, -0.2) is 0 Å². The standard InChI is InChI=1S/C9H5BrF3N3S/c10-6-3-4(9(11,12)13)1-2-5(6)7-15-16-8(14)17-7/h1-3H,(H2,14,16). The Balaban J connectivity index is 2.45. The Morgan fingerprint density at radius 3 is 2.41 bits per heavy atom. The number of anilines is 1. The highest BCUT2D eigenvalue weighted by Crippen LogP contribution is 2.36. The summed E-state index contributed by atoms with van der Waals surface area (Å²) in [6.07, 6.45) is -4.36. The Labute approximate surface area is 107 Å². The molecule has 0 amide bonds. The molecule has 0 aliphatic rings. The summed E-state index contributed by atoms with van der Waals surface area (Å²) >= 11 is 4.20. The zero-order valence-electron chi connectivity index (χ0n) is 8.12. The molecule has 2 aromatic rings. The normalized spacial score (nSPS) is 11.8. The molecular formula is C9H5BrF3N3S. The number of hydrogen-bond acceptors (Lipinski definition) is 4. The molecule has 3 nitrogen and oxygen atoms in total. The van der Waals surface area contributed by atoms with Gasteiger partial charge in [0.1, 0.15) is 0 Å². The van der Waals surface area contributed by atoms with Crippen LogP contribution in [0.25, 0.3) is 10.6 Å². The Hall–Kier alpha value is -1.15. The van der Waals surface area contributed by atoms with Crippen LogP contribution in [0, 0.1) is 0 Å². The molecule has 0 bridgehead atoms. The van der Waals surface area contributed by atoms with Crippen LogP contribution in [0.1, 0.15) is 5.56 Å². The SMILES string of the molecule is Nc1nnc(-c2ccc(C(F)(F)F)cc2Br)s1. The average molecular weight is 324 g/mol. The Morgan fingerprint density at radius 1 is 1.24 bits per heavy atom. The van der Waals surface area contributed by atoms with E-state index in [2.05, 4.69) is 26.1 Å². The maximum absolute atomic E-state index is 12.4. The number of rotatable bonds is 1. The van der Waals surface area contributed by atoms with Crippen molar-refractivity contribution in [2.24, 2.45) is 0 Å². The van der Waals surface area contributed by atoms with E-state index in [1.165, 1.54) is 6.07 Å². The van der Waals surface area contributed by atoms with Gasteiger partial charge in [-0.05, 0) is 12.1 Å². The third kappa shape index (κ3) is 2.58. The van der Waals surface area contributed by atoms with Crippen molar-refractivity contribution < 1.29 is 13.2 Å². The molecular weight excluding hydrogens is 319 g/mol. The van der Waals surface area contributed by atoms with Crippen LogP contribution in [0.15, 0.2) is 22.7 Å². The molecule has 0 spiro atoms. The largest absolute Gasteiger partial charge is 0.416 e. The Kier molecular flexibility index (Phi) is 3.09. The number of benzene rings is 1. The maximum Gasteiger partial charge on any atom is 0.416 e. The van der Waals surface area contributed by atoms with E-state index in [1.807, 2.05) is 0 Å². The zero-order chi connectivity index (χ0) is 12.6. The minimum Gasteiger partial charge on any atom is -0.374 e. The molecule has 90 valence electrons. The van der Waals surface area contributed by atoms with Gasteiger partial charge in [0.2, 0.25) is 5.13 Å². The van der Waals surface area contributed by atoms with Gasteiger partial charge in [0.15, 0.2) is 5.01 Å². The number of aromatic nitrogens is 2. The predicted molar refractivity (Wildman–Crippen MR) is 62.5 cm³/mol. The van der Waals surface area contributed by atoms with E-state index in [9.17, 15) is 13.2 Å². The molecule has 8 heteroatoms.